The van der Waals surface area contributed by atoms with Crippen LogP contribution >= 0.6 is 0 Å². The topological polar surface area (TPSA) is 9.23 Å². The first-order chi connectivity index (χ1) is 5.91. The van der Waals surface area contributed by atoms with E-state index in [1.807, 2.05) is 0 Å². The van der Waals surface area contributed by atoms with Crippen molar-refractivity contribution in [3.63, 3.8) is 0 Å². The maximum absolute atomic E-state index is 5.76. The quantitative estimate of drug-likeness (QED) is 0.606. The molecule has 78 valence electrons. The van der Waals surface area contributed by atoms with Gasteiger partial charge in [0.2, 0.25) is 0 Å². The van der Waals surface area contributed by atoms with Crippen LogP contribution in [0.15, 0.2) is 0 Å². The van der Waals surface area contributed by atoms with Crippen LogP contribution in [0, 0.1) is 17.3 Å². The highest BCUT2D eigenvalue weighted by Crippen LogP contribution is 2.37. The molecule has 1 aliphatic rings. The van der Waals surface area contributed by atoms with Crippen molar-refractivity contribution in [2.45, 2.75) is 53.6 Å². The summed E-state index contributed by atoms with van der Waals surface area (Å²) in [6, 6.07) is 0. The second kappa shape index (κ2) is 4.00. The van der Waals surface area contributed by atoms with Gasteiger partial charge in [0.25, 0.3) is 0 Å². The molecule has 1 fully saturated rings. The first-order valence-electron chi connectivity index (χ1n) is 5.53. The molecule has 0 amide bonds. The molecule has 0 aliphatic carbocycles. The Balaban J connectivity index is 2.52. The molecule has 0 bridgehead atoms. The Hall–Kier alpha value is -0.0400. The minimum atomic E-state index is 0.455. The van der Waals surface area contributed by atoms with E-state index >= 15 is 0 Å². The standard InChI is InChI=1S/C12H24O/c1-9(2)11-8-10(6-7-13-11)12(3,4)5/h9-11H,6-8H2,1-5H3. The summed E-state index contributed by atoms with van der Waals surface area (Å²) in [6.07, 6.45) is 2.99. The van der Waals surface area contributed by atoms with Gasteiger partial charge in [-0.15, -0.1) is 0 Å². The summed E-state index contributed by atoms with van der Waals surface area (Å²) < 4.78 is 5.76. The zero-order valence-electron chi connectivity index (χ0n) is 9.76. The molecule has 0 radical (unpaired) electrons. The van der Waals surface area contributed by atoms with Gasteiger partial charge in [0.05, 0.1) is 6.10 Å². The Labute approximate surface area is 82.9 Å². The van der Waals surface area contributed by atoms with Crippen LogP contribution in [0.2, 0.25) is 0 Å². The summed E-state index contributed by atoms with van der Waals surface area (Å²) in [7, 11) is 0. The average molecular weight is 184 g/mol. The summed E-state index contributed by atoms with van der Waals surface area (Å²) in [5.41, 5.74) is 0.455. The van der Waals surface area contributed by atoms with Gasteiger partial charge < -0.3 is 4.74 Å². The molecule has 2 unspecified atom stereocenters. The zero-order chi connectivity index (χ0) is 10.1. The second-order valence-corrected chi connectivity index (χ2v) is 5.74. The van der Waals surface area contributed by atoms with Gasteiger partial charge in [0, 0.05) is 6.61 Å². The third-order valence-corrected chi connectivity index (χ3v) is 3.28. The van der Waals surface area contributed by atoms with Crippen LogP contribution in [0.5, 0.6) is 0 Å². The fourth-order valence-electron chi connectivity index (χ4n) is 2.08. The highest BCUT2D eigenvalue weighted by molar-refractivity contribution is 4.81. The van der Waals surface area contributed by atoms with Crippen LogP contribution in [0.3, 0.4) is 0 Å². The highest BCUT2D eigenvalue weighted by atomic mass is 16.5. The molecule has 1 heteroatoms. The fourth-order valence-corrected chi connectivity index (χ4v) is 2.08. The molecule has 0 N–H and O–H groups in total. The maximum atomic E-state index is 5.76. The molecule has 0 aromatic carbocycles. The van der Waals surface area contributed by atoms with Crippen molar-refractivity contribution in [2.24, 2.45) is 17.3 Å². The Morgan fingerprint density at radius 3 is 2.31 bits per heavy atom. The van der Waals surface area contributed by atoms with E-state index in [1.54, 1.807) is 0 Å². The van der Waals surface area contributed by atoms with Crippen LogP contribution in [0.25, 0.3) is 0 Å². The van der Waals surface area contributed by atoms with Crippen molar-refractivity contribution in [1.29, 1.82) is 0 Å². The highest BCUT2D eigenvalue weighted by Gasteiger charge is 2.32. The van der Waals surface area contributed by atoms with E-state index in [1.165, 1.54) is 12.8 Å². The minimum absolute atomic E-state index is 0.455. The van der Waals surface area contributed by atoms with Gasteiger partial charge >= 0.3 is 0 Å². The zero-order valence-corrected chi connectivity index (χ0v) is 9.76. The van der Waals surface area contributed by atoms with Crippen LogP contribution in [-0.4, -0.2) is 12.7 Å². The largest absolute Gasteiger partial charge is 0.378 e. The number of ether oxygens (including phenoxy) is 1. The molecule has 1 rings (SSSR count). The smallest absolute Gasteiger partial charge is 0.0600 e. The van der Waals surface area contributed by atoms with Gasteiger partial charge in [-0.05, 0) is 30.1 Å². The van der Waals surface area contributed by atoms with Gasteiger partial charge in [-0.1, -0.05) is 34.6 Å². The Morgan fingerprint density at radius 1 is 1.23 bits per heavy atom. The monoisotopic (exact) mass is 184 g/mol. The molecule has 0 spiro atoms. The van der Waals surface area contributed by atoms with E-state index in [-0.39, 0.29) is 0 Å². The fraction of sp³-hybridized carbons (Fsp3) is 1.00. The Kier molecular flexibility index (Phi) is 3.39. The van der Waals surface area contributed by atoms with Crippen molar-refractivity contribution >= 4 is 0 Å². The summed E-state index contributed by atoms with van der Waals surface area (Å²) in [4.78, 5) is 0. The lowest BCUT2D eigenvalue weighted by Gasteiger charge is -2.39. The summed E-state index contributed by atoms with van der Waals surface area (Å²) in [6.45, 7) is 12.5. The third kappa shape index (κ3) is 2.98. The summed E-state index contributed by atoms with van der Waals surface area (Å²) in [5.74, 6) is 1.51. The molecular formula is C12H24O. The van der Waals surface area contributed by atoms with Gasteiger partial charge in [-0.3, -0.25) is 0 Å². The molecule has 1 heterocycles. The number of hydrogen-bond donors (Lipinski definition) is 0. The second-order valence-electron chi connectivity index (χ2n) is 5.74. The Morgan fingerprint density at radius 2 is 1.85 bits per heavy atom. The first kappa shape index (κ1) is 11.0. The van der Waals surface area contributed by atoms with E-state index in [9.17, 15) is 0 Å². The molecule has 2 atom stereocenters. The van der Waals surface area contributed by atoms with Crippen molar-refractivity contribution < 1.29 is 4.74 Å². The van der Waals surface area contributed by atoms with E-state index in [2.05, 4.69) is 34.6 Å². The van der Waals surface area contributed by atoms with Crippen LogP contribution in [-0.2, 0) is 4.74 Å². The van der Waals surface area contributed by atoms with Crippen LogP contribution in [0.1, 0.15) is 47.5 Å². The molecular weight excluding hydrogens is 160 g/mol. The molecule has 1 aliphatic heterocycles. The summed E-state index contributed by atoms with van der Waals surface area (Å²) >= 11 is 0. The SMILES string of the molecule is CC(C)C1CC(C(C)(C)C)CCO1. The molecule has 1 nitrogen and oxygen atoms in total. The van der Waals surface area contributed by atoms with Crippen molar-refractivity contribution in [1.82, 2.24) is 0 Å². The van der Waals surface area contributed by atoms with Crippen molar-refractivity contribution in [2.75, 3.05) is 6.61 Å². The van der Waals surface area contributed by atoms with E-state index in [0.29, 0.717) is 17.4 Å². The molecule has 13 heavy (non-hydrogen) atoms. The number of hydrogen-bond acceptors (Lipinski definition) is 1. The lowest BCUT2D eigenvalue weighted by molar-refractivity contribution is -0.0560. The third-order valence-electron chi connectivity index (χ3n) is 3.28. The van der Waals surface area contributed by atoms with E-state index in [4.69, 9.17) is 4.74 Å². The van der Waals surface area contributed by atoms with Crippen molar-refractivity contribution in [3.8, 4) is 0 Å². The van der Waals surface area contributed by atoms with Gasteiger partial charge in [0.15, 0.2) is 0 Å². The molecule has 0 saturated carbocycles. The Bertz CT molecular complexity index is 155. The predicted molar refractivity (Wildman–Crippen MR) is 56.8 cm³/mol. The summed E-state index contributed by atoms with van der Waals surface area (Å²) in [5, 5.41) is 0. The molecule has 0 aromatic heterocycles. The minimum Gasteiger partial charge on any atom is -0.378 e. The lowest BCUT2D eigenvalue weighted by Crippen LogP contribution is -2.35. The lowest BCUT2D eigenvalue weighted by atomic mass is 9.73. The van der Waals surface area contributed by atoms with Crippen LogP contribution in [0.4, 0.5) is 0 Å². The van der Waals surface area contributed by atoms with Crippen molar-refractivity contribution in [3.05, 3.63) is 0 Å². The molecule has 0 aromatic rings. The molecule has 1 saturated heterocycles. The number of rotatable bonds is 1. The van der Waals surface area contributed by atoms with E-state index < -0.39 is 0 Å². The van der Waals surface area contributed by atoms with Gasteiger partial charge in [-0.2, -0.15) is 0 Å². The maximum Gasteiger partial charge on any atom is 0.0600 e. The average Bonchev–Trinajstić information content (AvgIpc) is 2.03. The van der Waals surface area contributed by atoms with Gasteiger partial charge in [0.1, 0.15) is 0 Å². The van der Waals surface area contributed by atoms with Gasteiger partial charge in [-0.25, -0.2) is 0 Å². The van der Waals surface area contributed by atoms with E-state index in [0.717, 1.165) is 12.5 Å². The predicted octanol–water partition coefficient (Wildman–Crippen LogP) is 3.48. The first-order valence-corrected chi connectivity index (χ1v) is 5.53. The van der Waals surface area contributed by atoms with Crippen LogP contribution < -0.4 is 0 Å². The normalized spacial score (nSPS) is 30.9.